The molecule has 1 aromatic rings. The first kappa shape index (κ1) is 9.58. The summed E-state index contributed by atoms with van der Waals surface area (Å²) in [7, 11) is 0. The van der Waals surface area contributed by atoms with Gasteiger partial charge in [-0.15, -0.1) is 0 Å². The van der Waals surface area contributed by atoms with Crippen LogP contribution in [0, 0.1) is 0 Å². The van der Waals surface area contributed by atoms with Gasteiger partial charge < -0.3 is 10.2 Å². The zero-order valence-corrected chi connectivity index (χ0v) is 7.23. The van der Waals surface area contributed by atoms with E-state index in [1.165, 1.54) is 0 Å². The van der Waals surface area contributed by atoms with Crippen molar-refractivity contribution in [1.82, 2.24) is 0 Å². The fraction of sp³-hybridized carbons (Fsp3) is 0.300. The molecule has 0 heterocycles. The fourth-order valence-corrected chi connectivity index (χ4v) is 1.11. The molecule has 0 radical (unpaired) electrons. The van der Waals surface area contributed by atoms with Crippen molar-refractivity contribution in [2.45, 2.75) is 19.3 Å². The largest absolute Gasteiger partial charge is 0.508 e. The molecule has 13 heavy (non-hydrogen) atoms. The summed E-state index contributed by atoms with van der Waals surface area (Å²) in [6, 6.07) is 6.82. The van der Waals surface area contributed by atoms with E-state index in [1.54, 1.807) is 24.3 Å². The predicted octanol–water partition coefficient (Wildman–Crippen LogP) is 1.80. The number of aromatic hydroxyl groups is 1. The average Bonchev–Trinajstić information content (AvgIpc) is 2.08. The topological polar surface area (TPSA) is 57.5 Å². The van der Waals surface area contributed by atoms with Crippen molar-refractivity contribution in [2.75, 3.05) is 0 Å². The highest BCUT2D eigenvalue weighted by Gasteiger charge is 1.97. The third-order valence-corrected chi connectivity index (χ3v) is 1.79. The summed E-state index contributed by atoms with van der Waals surface area (Å²) in [5, 5.41) is 17.4. The van der Waals surface area contributed by atoms with E-state index < -0.39 is 5.97 Å². The third-order valence-electron chi connectivity index (χ3n) is 1.79. The smallest absolute Gasteiger partial charge is 0.303 e. The molecule has 0 aliphatic carbocycles. The number of benzene rings is 1. The fourth-order valence-electron chi connectivity index (χ4n) is 1.11. The molecule has 0 fully saturated rings. The number of aryl methyl sites for hydroxylation is 1. The van der Waals surface area contributed by atoms with Gasteiger partial charge >= 0.3 is 5.97 Å². The molecule has 2 N–H and O–H groups in total. The minimum atomic E-state index is -0.765. The van der Waals surface area contributed by atoms with Crippen LogP contribution >= 0.6 is 0 Å². The SMILES string of the molecule is O=[13C](O)CCCc1ccc(O)cc1. The molecular weight excluding hydrogens is 169 g/mol. The number of phenolic OH excluding ortho intramolecular Hbond substituents is 1. The first-order valence-electron chi connectivity index (χ1n) is 4.18. The Hall–Kier alpha value is -1.51. The first-order valence-corrected chi connectivity index (χ1v) is 4.18. The Kier molecular flexibility index (Phi) is 3.31. The molecule has 0 amide bonds. The second-order valence-electron chi connectivity index (χ2n) is 2.91. The molecule has 0 saturated carbocycles. The highest BCUT2D eigenvalue weighted by atomic mass is 16.5. The summed E-state index contributed by atoms with van der Waals surface area (Å²) in [5.41, 5.74) is 1.05. The molecule has 0 atom stereocenters. The normalized spacial score (nSPS) is 9.85. The highest BCUT2D eigenvalue weighted by molar-refractivity contribution is 5.66. The predicted molar refractivity (Wildman–Crippen MR) is 48.7 cm³/mol. The van der Waals surface area contributed by atoms with Crippen LogP contribution in [0.1, 0.15) is 18.4 Å². The Labute approximate surface area is 76.6 Å². The van der Waals surface area contributed by atoms with Gasteiger partial charge in [-0.25, -0.2) is 0 Å². The Balaban J connectivity index is 2.37. The van der Waals surface area contributed by atoms with Crippen molar-refractivity contribution in [3.8, 4) is 5.75 Å². The van der Waals surface area contributed by atoms with Gasteiger partial charge in [-0.3, -0.25) is 4.79 Å². The molecule has 1 rings (SSSR count). The number of aliphatic carboxylic acids is 1. The zero-order chi connectivity index (χ0) is 9.68. The second kappa shape index (κ2) is 4.50. The summed E-state index contributed by atoms with van der Waals surface area (Å²) in [4.78, 5) is 10.2. The molecule has 3 nitrogen and oxygen atoms in total. The number of carbonyl (C=O) groups is 1. The van der Waals surface area contributed by atoms with E-state index in [0.29, 0.717) is 6.42 Å². The standard InChI is InChI=1S/C10H12O3/c11-9-6-4-8(5-7-9)2-1-3-10(12)13/h4-7,11H,1-3H2,(H,12,13)/i10+1. The summed E-state index contributed by atoms with van der Waals surface area (Å²) >= 11 is 0. The lowest BCUT2D eigenvalue weighted by Crippen LogP contribution is -1.95. The van der Waals surface area contributed by atoms with Crippen molar-refractivity contribution < 1.29 is 15.0 Å². The van der Waals surface area contributed by atoms with E-state index in [0.717, 1.165) is 12.0 Å². The molecule has 0 unspecified atom stereocenters. The van der Waals surface area contributed by atoms with Crippen LogP contribution < -0.4 is 0 Å². The Morgan fingerprint density at radius 2 is 1.85 bits per heavy atom. The van der Waals surface area contributed by atoms with Gasteiger partial charge in [0.15, 0.2) is 0 Å². The van der Waals surface area contributed by atoms with E-state index in [-0.39, 0.29) is 12.2 Å². The Morgan fingerprint density at radius 1 is 1.23 bits per heavy atom. The van der Waals surface area contributed by atoms with Crippen LogP contribution in [0.15, 0.2) is 24.3 Å². The molecule has 0 spiro atoms. The van der Waals surface area contributed by atoms with Gasteiger partial charge in [-0.1, -0.05) is 12.1 Å². The summed E-state index contributed by atoms with van der Waals surface area (Å²) in [6.45, 7) is 0. The van der Waals surface area contributed by atoms with Gasteiger partial charge in [0.1, 0.15) is 5.75 Å². The number of phenols is 1. The van der Waals surface area contributed by atoms with Gasteiger partial charge in [-0.05, 0) is 30.5 Å². The third kappa shape index (κ3) is 3.60. The van der Waals surface area contributed by atoms with Crippen LogP contribution in [0.25, 0.3) is 0 Å². The maximum Gasteiger partial charge on any atom is 0.303 e. The summed E-state index contributed by atoms with van der Waals surface area (Å²) < 4.78 is 0. The van der Waals surface area contributed by atoms with Crippen LogP contribution in [-0.4, -0.2) is 16.2 Å². The van der Waals surface area contributed by atoms with Gasteiger partial charge in [-0.2, -0.15) is 0 Å². The van der Waals surface area contributed by atoms with Crippen molar-refractivity contribution >= 4 is 5.97 Å². The lowest BCUT2D eigenvalue weighted by molar-refractivity contribution is -0.137. The van der Waals surface area contributed by atoms with Crippen molar-refractivity contribution in [3.05, 3.63) is 29.8 Å². The van der Waals surface area contributed by atoms with Gasteiger partial charge in [0.05, 0.1) is 0 Å². The second-order valence-corrected chi connectivity index (χ2v) is 2.91. The molecule has 0 aliphatic heterocycles. The number of carboxylic acid groups (broad SMARTS) is 1. The average molecular weight is 181 g/mol. The minimum absolute atomic E-state index is 0.195. The van der Waals surface area contributed by atoms with Crippen molar-refractivity contribution in [2.24, 2.45) is 0 Å². The lowest BCUT2D eigenvalue weighted by Gasteiger charge is -1.99. The van der Waals surface area contributed by atoms with E-state index in [1.807, 2.05) is 0 Å². The highest BCUT2D eigenvalue weighted by Crippen LogP contribution is 2.11. The number of hydrogen-bond acceptors (Lipinski definition) is 2. The molecule has 0 saturated heterocycles. The van der Waals surface area contributed by atoms with Crippen LogP contribution in [-0.2, 0) is 11.2 Å². The van der Waals surface area contributed by atoms with Crippen LogP contribution in [0.5, 0.6) is 5.75 Å². The number of hydrogen-bond donors (Lipinski definition) is 2. The maximum atomic E-state index is 10.2. The van der Waals surface area contributed by atoms with Gasteiger partial charge in [0, 0.05) is 6.42 Å². The molecule has 0 bridgehead atoms. The molecule has 0 aliphatic rings. The van der Waals surface area contributed by atoms with Crippen molar-refractivity contribution in [1.29, 1.82) is 0 Å². The van der Waals surface area contributed by atoms with E-state index >= 15 is 0 Å². The molecule has 1 aromatic carbocycles. The Morgan fingerprint density at radius 3 is 2.38 bits per heavy atom. The molecular formula is C10H12O3. The van der Waals surface area contributed by atoms with Gasteiger partial charge in [0.2, 0.25) is 0 Å². The summed E-state index contributed by atoms with van der Waals surface area (Å²) in [5.74, 6) is -0.527. The molecule has 3 heteroatoms. The van der Waals surface area contributed by atoms with E-state index in [2.05, 4.69) is 0 Å². The van der Waals surface area contributed by atoms with E-state index in [9.17, 15) is 4.79 Å². The van der Waals surface area contributed by atoms with Crippen LogP contribution in [0.4, 0.5) is 0 Å². The Bertz CT molecular complexity index is 277. The molecule has 0 aromatic heterocycles. The minimum Gasteiger partial charge on any atom is -0.508 e. The monoisotopic (exact) mass is 181 g/mol. The van der Waals surface area contributed by atoms with E-state index in [4.69, 9.17) is 10.2 Å². The number of carboxylic acids is 1. The zero-order valence-electron chi connectivity index (χ0n) is 7.23. The maximum absolute atomic E-state index is 10.2. The quantitative estimate of drug-likeness (QED) is 0.696. The first-order chi connectivity index (χ1) is 6.18. The lowest BCUT2D eigenvalue weighted by atomic mass is 10.1. The summed E-state index contributed by atoms with van der Waals surface area (Å²) in [6.07, 6.45) is 1.58. The van der Waals surface area contributed by atoms with Gasteiger partial charge in [0.25, 0.3) is 0 Å². The van der Waals surface area contributed by atoms with Crippen LogP contribution in [0.2, 0.25) is 0 Å². The number of rotatable bonds is 4. The molecule has 70 valence electrons. The van der Waals surface area contributed by atoms with Crippen molar-refractivity contribution in [3.63, 3.8) is 0 Å². The van der Waals surface area contributed by atoms with Crippen LogP contribution in [0.3, 0.4) is 0 Å².